The minimum atomic E-state index is -1.04. The van der Waals surface area contributed by atoms with E-state index in [1.807, 2.05) is 0 Å². The molecule has 0 aliphatic rings. The number of aromatic carboxylic acids is 1. The van der Waals surface area contributed by atoms with E-state index in [1.165, 1.54) is 37.6 Å². The number of benzene rings is 2. The number of methoxy groups -OCH3 is 1. The van der Waals surface area contributed by atoms with Crippen molar-refractivity contribution in [2.75, 3.05) is 12.4 Å². The SMILES string of the molecule is COc1ccc(NC(=O)C(=O)N/N=C\c2ccc(C(=O)O)cc2)cc1. The van der Waals surface area contributed by atoms with Gasteiger partial charge in [0.1, 0.15) is 5.75 Å². The number of hydrazone groups is 1. The van der Waals surface area contributed by atoms with Crippen LogP contribution in [0.4, 0.5) is 5.69 Å². The molecule has 2 aromatic carbocycles. The van der Waals surface area contributed by atoms with Crippen molar-refractivity contribution < 1.29 is 24.2 Å². The lowest BCUT2D eigenvalue weighted by molar-refractivity contribution is -0.136. The van der Waals surface area contributed by atoms with Crippen molar-refractivity contribution in [2.24, 2.45) is 5.10 Å². The first-order valence-corrected chi connectivity index (χ1v) is 7.11. The van der Waals surface area contributed by atoms with Crippen LogP contribution in [0.15, 0.2) is 53.6 Å². The molecular formula is C17H15N3O5. The second kappa shape index (κ2) is 8.25. The molecule has 2 aromatic rings. The van der Waals surface area contributed by atoms with Crippen LogP contribution in [0.25, 0.3) is 0 Å². The lowest BCUT2D eigenvalue weighted by Crippen LogP contribution is -2.32. The van der Waals surface area contributed by atoms with Gasteiger partial charge in [0.25, 0.3) is 0 Å². The summed E-state index contributed by atoms with van der Waals surface area (Å²) in [7, 11) is 1.52. The molecule has 0 saturated heterocycles. The van der Waals surface area contributed by atoms with Gasteiger partial charge >= 0.3 is 17.8 Å². The molecule has 0 aromatic heterocycles. The number of carbonyl (C=O) groups is 3. The Morgan fingerprint density at radius 3 is 2.20 bits per heavy atom. The van der Waals surface area contributed by atoms with Crippen LogP contribution in [0.3, 0.4) is 0 Å². The van der Waals surface area contributed by atoms with E-state index >= 15 is 0 Å². The lowest BCUT2D eigenvalue weighted by atomic mass is 10.1. The van der Waals surface area contributed by atoms with Gasteiger partial charge in [0, 0.05) is 5.69 Å². The Morgan fingerprint density at radius 1 is 1.00 bits per heavy atom. The van der Waals surface area contributed by atoms with Gasteiger partial charge in [0.05, 0.1) is 18.9 Å². The lowest BCUT2D eigenvalue weighted by Gasteiger charge is -2.05. The molecule has 0 aliphatic carbocycles. The highest BCUT2D eigenvalue weighted by molar-refractivity contribution is 6.39. The van der Waals surface area contributed by atoms with Crippen LogP contribution in [-0.4, -0.2) is 36.2 Å². The van der Waals surface area contributed by atoms with E-state index in [2.05, 4.69) is 15.8 Å². The zero-order valence-corrected chi connectivity index (χ0v) is 13.2. The molecule has 0 atom stereocenters. The van der Waals surface area contributed by atoms with Crippen LogP contribution in [0, 0.1) is 0 Å². The van der Waals surface area contributed by atoms with Gasteiger partial charge in [-0.2, -0.15) is 5.10 Å². The molecule has 0 unspecified atom stereocenters. The highest BCUT2D eigenvalue weighted by Crippen LogP contribution is 2.14. The van der Waals surface area contributed by atoms with E-state index in [-0.39, 0.29) is 5.56 Å². The predicted octanol–water partition coefficient (Wildman–Crippen LogP) is 1.48. The van der Waals surface area contributed by atoms with Crippen molar-refractivity contribution in [3.63, 3.8) is 0 Å². The Morgan fingerprint density at radius 2 is 1.64 bits per heavy atom. The number of hydrogen-bond acceptors (Lipinski definition) is 5. The van der Waals surface area contributed by atoms with Crippen LogP contribution in [0.2, 0.25) is 0 Å². The number of anilines is 1. The van der Waals surface area contributed by atoms with Gasteiger partial charge in [0.15, 0.2) is 0 Å². The molecule has 8 nitrogen and oxygen atoms in total. The highest BCUT2D eigenvalue weighted by Gasteiger charge is 2.12. The summed E-state index contributed by atoms with van der Waals surface area (Å²) < 4.78 is 4.99. The largest absolute Gasteiger partial charge is 0.497 e. The number of rotatable bonds is 5. The molecule has 0 saturated carbocycles. The Kier molecular flexibility index (Phi) is 5.83. The van der Waals surface area contributed by atoms with Gasteiger partial charge < -0.3 is 15.2 Å². The summed E-state index contributed by atoms with van der Waals surface area (Å²) in [5.41, 5.74) is 3.24. The van der Waals surface area contributed by atoms with Crippen molar-refractivity contribution in [3.8, 4) is 5.75 Å². The van der Waals surface area contributed by atoms with Gasteiger partial charge in [-0.05, 0) is 42.0 Å². The first-order valence-electron chi connectivity index (χ1n) is 7.11. The minimum Gasteiger partial charge on any atom is -0.497 e. The van der Waals surface area contributed by atoms with Crippen LogP contribution in [0.1, 0.15) is 15.9 Å². The number of carbonyl (C=O) groups excluding carboxylic acids is 2. The molecule has 0 bridgehead atoms. The van der Waals surface area contributed by atoms with Crippen molar-refractivity contribution in [1.29, 1.82) is 0 Å². The molecule has 2 rings (SSSR count). The summed E-state index contributed by atoms with van der Waals surface area (Å²) in [6.45, 7) is 0. The molecular weight excluding hydrogens is 326 g/mol. The smallest absolute Gasteiger partial charge is 0.335 e. The van der Waals surface area contributed by atoms with Gasteiger partial charge in [-0.1, -0.05) is 12.1 Å². The topological polar surface area (TPSA) is 117 Å². The molecule has 2 amide bonds. The molecule has 25 heavy (non-hydrogen) atoms. The van der Waals surface area contributed by atoms with Crippen molar-refractivity contribution in [3.05, 3.63) is 59.7 Å². The number of amides is 2. The molecule has 0 spiro atoms. The van der Waals surface area contributed by atoms with Gasteiger partial charge in [0.2, 0.25) is 0 Å². The minimum absolute atomic E-state index is 0.139. The maximum atomic E-state index is 11.7. The molecule has 0 radical (unpaired) electrons. The van der Waals surface area contributed by atoms with Gasteiger partial charge in [-0.25, -0.2) is 10.2 Å². The third kappa shape index (κ3) is 5.17. The van der Waals surface area contributed by atoms with E-state index < -0.39 is 17.8 Å². The van der Waals surface area contributed by atoms with E-state index in [0.29, 0.717) is 17.0 Å². The predicted molar refractivity (Wildman–Crippen MR) is 90.8 cm³/mol. The van der Waals surface area contributed by atoms with Crippen LogP contribution in [0.5, 0.6) is 5.75 Å². The molecule has 3 N–H and O–H groups in total. The van der Waals surface area contributed by atoms with Crippen LogP contribution >= 0.6 is 0 Å². The highest BCUT2D eigenvalue weighted by atomic mass is 16.5. The summed E-state index contributed by atoms with van der Waals surface area (Å²) in [6.07, 6.45) is 1.30. The standard InChI is InChI=1S/C17H15N3O5/c1-25-14-8-6-13(7-9-14)19-15(21)16(22)20-18-10-11-2-4-12(5-3-11)17(23)24/h2-10H,1H3,(H,19,21)(H,20,22)(H,23,24)/b18-10-. The summed E-state index contributed by atoms with van der Waals surface area (Å²) in [6, 6.07) is 12.3. The van der Waals surface area contributed by atoms with E-state index in [9.17, 15) is 14.4 Å². The van der Waals surface area contributed by atoms with Gasteiger partial charge in [-0.3, -0.25) is 9.59 Å². The number of ether oxygens (including phenoxy) is 1. The Hall–Kier alpha value is -3.68. The van der Waals surface area contributed by atoms with Gasteiger partial charge in [-0.15, -0.1) is 0 Å². The fourth-order valence-corrected chi connectivity index (χ4v) is 1.79. The van der Waals surface area contributed by atoms with Crippen molar-refractivity contribution in [1.82, 2.24) is 5.43 Å². The maximum Gasteiger partial charge on any atom is 0.335 e. The monoisotopic (exact) mass is 341 g/mol. The fourth-order valence-electron chi connectivity index (χ4n) is 1.79. The van der Waals surface area contributed by atoms with Crippen LogP contribution in [-0.2, 0) is 9.59 Å². The summed E-state index contributed by atoms with van der Waals surface area (Å²) in [5.74, 6) is -2.22. The third-order valence-corrected chi connectivity index (χ3v) is 3.09. The summed E-state index contributed by atoms with van der Waals surface area (Å²) in [4.78, 5) is 34.1. The number of carboxylic acids is 1. The molecule has 0 heterocycles. The number of nitrogens with one attached hydrogen (secondary N) is 2. The normalized spacial score (nSPS) is 10.3. The van der Waals surface area contributed by atoms with E-state index in [4.69, 9.17) is 9.84 Å². The Labute approximate surface area is 143 Å². The summed E-state index contributed by atoms with van der Waals surface area (Å²) >= 11 is 0. The number of hydrogen-bond donors (Lipinski definition) is 3. The number of nitrogens with zero attached hydrogens (tertiary/aromatic N) is 1. The first kappa shape index (κ1) is 17.7. The second-order valence-electron chi connectivity index (χ2n) is 4.81. The second-order valence-corrected chi connectivity index (χ2v) is 4.81. The molecule has 8 heteroatoms. The van der Waals surface area contributed by atoms with Crippen LogP contribution < -0.4 is 15.5 Å². The average molecular weight is 341 g/mol. The Bertz CT molecular complexity index is 798. The first-order chi connectivity index (χ1) is 12.0. The third-order valence-electron chi connectivity index (χ3n) is 3.09. The Balaban J connectivity index is 1.87. The van der Waals surface area contributed by atoms with E-state index in [1.54, 1.807) is 24.3 Å². The maximum absolute atomic E-state index is 11.7. The molecule has 0 fully saturated rings. The van der Waals surface area contributed by atoms with E-state index in [0.717, 1.165) is 0 Å². The molecule has 128 valence electrons. The summed E-state index contributed by atoms with van der Waals surface area (Å²) in [5, 5.41) is 14.9. The zero-order chi connectivity index (χ0) is 18.2. The zero-order valence-electron chi connectivity index (χ0n) is 13.2. The average Bonchev–Trinajstić information content (AvgIpc) is 2.62. The van der Waals surface area contributed by atoms with Crippen molar-refractivity contribution in [2.45, 2.75) is 0 Å². The fraction of sp³-hybridized carbons (Fsp3) is 0.0588. The van der Waals surface area contributed by atoms with Crippen molar-refractivity contribution >= 4 is 29.7 Å². The number of carboxylic acid groups (broad SMARTS) is 1. The molecule has 0 aliphatic heterocycles. The quantitative estimate of drug-likeness (QED) is 0.433.